The fourth-order valence-electron chi connectivity index (χ4n) is 2.52. The molecule has 1 aromatic carbocycles. The number of nitrogens with zero attached hydrogens (tertiary/aromatic N) is 2. The van der Waals surface area contributed by atoms with Crippen molar-refractivity contribution in [3.8, 4) is 0 Å². The van der Waals surface area contributed by atoms with Gasteiger partial charge in [0, 0.05) is 31.2 Å². The molecule has 2 amide bonds. The van der Waals surface area contributed by atoms with E-state index in [2.05, 4.69) is 16.4 Å². The summed E-state index contributed by atoms with van der Waals surface area (Å²) in [5.74, 6) is 0. The van der Waals surface area contributed by atoms with E-state index in [0.717, 1.165) is 30.6 Å². The van der Waals surface area contributed by atoms with E-state index in [4.69, 9.17) is 0 Å². The summed E-state index contributed by atoms with van der Waals surface area (Å²) in [6, 6.07) is 11.9. The van der Waals surface area contributed by atoms with Crippen LogP contribution in [0.2, 0.25) is 0 Å². The monoisotopic (exact) mass is 267 g/mol. The van der Waals surface area contributed by atoms with Gasteiger partial charge < -0.3 is 5.32 Å². The maximum atomic E-state index is 12.3. The topological polar surface area (TPSA) is 45.2 Å². The van der Waals surface area contributed by atoms with E-state index in [1.165, 1.54) is 5.56 Å². The predicted octanol–water partition coefficient (Wildman–Crippen LogP) is 2.74. The number of hydrogen-bond donors (Lipinski definition) is 1. The van der Waals surface area contributed by atoms with Crippen molar-refractivity contribution in [3.05, 3.63) is 59.9 Å². The number of aromatic nitrogens is 1. The molecule has 4 nitrogen and oxygen atoms in total. The molecule has 0 aliphatic carbocycles. The first-order valence-corrected chi connectivity index (χ1v) is 6.87. The number of pyridine rings is 1. The summed E-state index contributed by atoms with van der Waals surface area (Å²) in [4.78, 5) is 18.1. The molecule has 2 aromatic rings. The first-order valence-electron chi connectivity index (χ1n) is 6.87. The normalized spacial score (nSPS) is 13.7. The van der Waals surface area contributed by atoms with E-state index < -0.39 is 0 Å². The molecule has 0 saturated carbocycles. The molecule has 0 fully saturated rings. The zero-order chi connectivity index (χ0) is 13.8. The number of carbonyl (C=O) groups excluding carboxylic acids is 1. The van der Waals surface area contributed by atoms with Crippen LogP contribution in [0.5, 0.6) is 0 Å². The van der Waals surface area contributed by atoms with Gasteiger partial charge in [-0.25, -0.2) is 4.79 Å². The van der Waals surface area contributed by atoms with Gasteiger partial charge in [0.25, 0.3) is 0 Å². The van der Waals surface area contributed by atoms with Crippen molar-refractivity contribution in [2.75, 3.05) is 11.4 Å². The summed E-state index contributed by atoms with van der Waals surface area (Å²) < 4.78 is 0. The molecule has 1 aliphatic heterocycles. The Bertz CT molecular complexity index is 598. The Morgan fingerprint density at radius 2 is 2.00 bits per heavy atom. The number of carbonyl (C=O) groups is 1. The van der Waals surface area contributed by atoms with Crippen LogP contribution in [-0.2, 0) is 13.0 Å². The lowest BCUT2D eigenvalue weighted by molar-refractivity contribution is 0.245. The van der Waals surface area contributed by atoms with Crippen LogP contribution < -0.4 is 10.2 Å². The molecule has 0 radical (unpaired) electrons. The van der Waals surface area contributed by atoms with Crippen molar-refractivity contribution in [1.29, 1.82) is 0 Å². The summed E-state index contributed by atoms with van der Waals surface area (Å²) in [5, 5.41) is 2.97. The van der Waals surface area contributed by atoms with E-state index in [1.54, 1.807) is 12.4 Å². The van der Waals surface area contributed by atoms with Crippen LogP contribution in [-0.4, -0.2) is 17.6 Å². The van der Waals surface area contributed by atoms with Crippen LogP contribution in [0.3, 0.4) is 0 Å². The highest BCUT2D eigenvalue weighted by molar-refractivity contribution is 5.93. The first-order chi connectivity index (χ1) is 9.84. The molecule has 0 unspecified atom stereocenters. The Hall–Kier alpha value is -2.36. The second-order valence-electron chi connectivity index (χ2n) is 4.90. The lowest BCUT2D eigenvalue weighted by atomic mass is 10.0. The number of amides is 2. The lowest BCUT2D eigenvalue weighted by Gasteiger charge is -2.29. The maximum Gasteiger partial charge on any atom is 0.322 e. The van der Waals surface area contributed by atoms with E-state index in [0.29, 0.717) is 6.54 Å². The fourth-order valence-corrected chi connectivity index (χ4v) is 2.52. The highest BCUT2D eigenvalue weighted by Crippen LogP contribution is 2.26. The maximum absolute atomic E-state index is 12.3. The van der Waals surface area contributed by atoms with E-state index in [1.807, 2.05) is 35.2 Å². The Labute approximate surface area is 118 Å². The van der Waals surface area contributed by atoms with Gasteiger partial charge in [0.2, 0.25) is 0 Å². The molecule has 1 aliphatic rings. The van der Waals surface area contributed by atoms with Gasteiger partial charge in [0.15, 0.2) is 0 Å². The van der Waals surface area contributed by atoms with Crippen molar-refractivity contribution >= 4 is 11.7 Å². The third-order valence-corrected chi connectivity index (χ3v) is 3.55. The Morgan fingerprint density at radius 3 is 2.85 bits per heavy atom. The predicted molar refractivity (Wildman–Crippen MR) is 78.6 cm³/mol. The SMILES string of the molecule is O=C(NCc1ccncc1)N1CCCc2ccccc21. The summed E-state index contributed by atoms with van der Waals surface area (Å²) >= 11 is 0. The second-order valence-corrected chi connectivity index (χ2v) is 4.90. The number of rotatable bonds is 2. The molecule has 20 heavy (non-hydrogen) atoms. The molecule has 2 heterocycles. The van der Waals surface area contributed by atoms with Gasteiger partial charge in [-0.15, -0.1) is 0 Å². The zero-order valence-electron chi connectivity index (χ0n) is 11.2. The first kappa shape index (κ1) is 12.7. The quantitative estimate of drug-likeness (QED) is 0.909. The number of fused-ring (bicyclic) bond motifs is 1. The van der Waals surface area contributed by atoms with Gasteiger partial charge in [-0.05, 0) is 42.2 Å². The third kappa shape index (κ3) is 2.64. The fraction of sp³-hybridized carbons (Fsp3) is 0.250. The zero-order valence-corrected chi connectivity index (χ0v) is 11.2. The minimum Gasteiger partial charge on any atom is -0.334 e. The van der Waals surface area contributed by atoms with Crippen LogP contribution in [0.1, 0.15) is 17.5 Å². The number of anilines is 1. The van der Waals surface area contributed by atoms with Crippen LogP contribution in [0.25, 0.3) is 0 Å². The molecule has 102 valence electrons. The standard InChI is InChI=1S/C16H17N3O/c20-16(18-12-13-7-9-17-10-8-13)19-11-3-5-14-4-1-2-6-15(14)19/h1-2,4,6-10H,3,5,11-12H2,(H,18,20). The van der Waals surface area contributed by atoms with Crippen molar-refractivity contribution < 1.29 is 4.79 Å². The van der Waals surface area contributed by atoms with Gasteiger partial charge in [-0.2, -0.15) is 0 Å². The molecular formula is C16H17N3O. The van der Waals surface area contributed by atoms with Crippen molar-refractivity contribution in [2.24, 2.45) is 0 Å². The van der Waals surface area contributed by atoms with Crippen molar-refractivity contribution in [1.82, 2.24) is 10.3 Å². The van der Waals surface area contributed by atoms with Crippen LogP contribution in [0, 0.1) is 0 Å². The molecule has 3 rings (SSSR count). The summed E-state index contributed by atoms with van der Waals surface area (Å²) in [6.45, 7) is 1.30. The number of urea groups is 1. The van der Waals surface area contributed by atoms with Crippen LogP contribution >= 0.6 is 0 Å². The smallest absolute Gasteiger partial charge is 0.322 e. The van der Waals surface area contributed by atoms with E-state index in [9.17, 15) is 4.79 Å². The highest BCUT2D eigenvalue weighted by atomic mass is 16.2. The summed E-state index contributed by atoms with van der Waals surface area (Å²) in [7, 11) is 0. The molecule has 1 N–H and O–H groups in total. The molecular weight excluding hydrogens is 250 g/mol. The van der Waals surface area contributed by atoms with Crippen LogP contribution in [0.15, 0.2) is 48.8 Å². The van der Waals surface area contributed by atoms with Gasteiger partial charge in [0.1, 0.15) is 0 Å². The highest BCUT2D eigenvalue weighted by Gasteiger charge is 2.21. The third-order valence-electron chi connectivity index (χ3n) is 3.55. The lowest BCUT2D eigenvalue weighted by Crippen LogP contribution is -2.42. The number of hydrogen-bond acceptors (Lipinski definition) is 2. The number of aryl methyl sites for hydroxylation is 1. The average Bonchev–Trinajstić information content (AvgIpc) is 2.53. The summed E-state index contributed by atoms with van der Waals surface area (Å²) in [6.07, 6.45) is 5.53. The molecule has 0 atom stereocenters. The van der Waals surface area contributed by atoms with Gasteiger partial charge in [-0.1, -0.05) is 18.2 Å². The van der Waals surface area contributed by atoms with E-state index in [-0.39, 0.29) is 6.03 Å². The average molecular weight is 267 g/mol. The second kappa shape index (κ2) is 5.74. The molecule has 0 spiro atoms. The Balaban J connectivity index is 1.69. The molecule has 1 aromatic heterocycles. The van der Waals surface area contributed by atoms with Gasteiger partial charge in [0.05, 0.1) is 0 Å². The molecule has 0 bridgehead atoms. The van der Waals surface area contributed by atoms with Crippen molar-refractivity contribution in [3.63, 3.8) is 0 Å². The van der Waals surface area contributed by atoms with Gasteiger partial charge >= 0.3 is 6.03 Å². The molecule has 4 heteroatoms. The number of nitrogens with one attached hydrogen (secondary N) is 1. The molecule has 0 saturated heterocycles. The Kier molecular flexibility index (Phi) is 3.63. The Morgan fingerprint density at radius 1 is 1.20 bits per heavy atom. The van der Waals surface area contributed by atoms with Crippen LogP contribution in [0.4, 0.5) is 10.5 Å². The largest absolute Gasteiger partial charge is 0.334 e. The number of para-hydroxylation sites is 1. The van der Waals surface area contributed by atoms with E-state index >= 15 is 0 Å². The minimum absolute atomic E-state index is 0.0334. The minimum atomic E-state index is -0.0334. The number of benzene rings is 1. The van der Waals surface area contributed by atoms with Crippen molar-refractivity contribution in [2.45, 2.75) is 19.4 Å². The van der Waals surface area contributed by atoms with Gasteiger partial charge in [-0.3, -0.25) is 9.88 Å². The summed E-state index contributed by atoms with van der Waals surface area (Å²) in [5.41, 5.74) is 3.34.